The Morgan fingerprint density at radius 1 is 1.46 bits per heavy atom. The van der Waals surface area contributed by atoms with E-state index in [1.54, 1.807) is 0 Å². The first kappa shape index (κ1) is 10.4. The smallest absolute Gasteiger partial charge is 0.289 e. The fourth-order valence-electron chi connectivity index (χ4n) is 1.04. The van der Waals surface area contributed by atoms with E-state index in [4.69, 9.17) is 4.74 Å². The Labute approximate surface area is 77.7 Å². The largest absolute Gasteiger partial charge is 0.561 e. The third-order valence-corrected chi connectivity index (χ3v) is 1.73. The molecule has 0 radical (unpaired) electrons. The number of carbonyl (C=O) groups is 1. The van der Waals surface area contributed by atoms with Crippen molar-refractivity contribution < 1.29 is 19.7 Å². The van der Waals surface area contributed by atoms with Crippen molar-refractivity contribution in [2.24, 2.45) is 0 Å². The molecule has 76 valence electrons. The molecular formula is C8H16N2O3. The predicted octanol–water partition coefficient (Wildman–Crippen LogP) is -0.809. The Kier molecular flexibility index (Phi) is 4.74. The maximum absolute atomic E-state index is 10.1. The molecule has 2 saturated heterocycles. The number of nitrogens with two attached hydrogens (primary N) is 1. The second-order valence-corrected chi connectivity index (χ2v) is 3.10. The van der Waals surface area contributed by atoms with Crippen LogP contribution in [0.3, 0.4) is 0 Å². The Morgan fingerprint density at radius 2 is 2.15 bits per heavy atom. The van der Waals surface area contributed by atoms with Crippen LogP contribution in [0.2, 0.25) is 0 Å². The first-order valence-corrected chi connectivity index (χ1v) is 4.58. The van der Waals surface area contributed by atoms with Crippen LogP contribution >= 0.6 is 0 Å². The van der Waals surface area contributed by atoms with Gasteiger partial charge in [0.2, 0.25) is 0 Å². The second-order valence-electron chi connectivity index (χ2n) is 3.10. The Morgan fingerprint density at radius 3 is 2.31 bits per heavy atom. The molecule has 0 saturated carbocycles. The van der Waals surface area contributed by atoms with Crippen LogP contribution in [-0.4, -0.2) is 38.3 Å². The summed E-state index contributed by atoms with van der Waals surface area (Å²) >= 11 is 0. The molecule has 2 fully saturated rings. The fraction of sp³-hybridized carbons (Fsp3) is 0.875. The highest BCUT2D eigenvalue weighted by atomic mass is 16.7. The van der Waals surface area contributed by atoms with Gasteiger partial charge in [0, 0.05) is 6.42 Å². The van der Waals surface area contributed by atoms with E-state index in [9.17, 15) is 4.79 Å². The van der Waals surface area contributed by atoms with Crippen molar-refractivity contribution in [2.45, 2.75) is 19.4 Å². The van der Waals surface area contributed by atoms with Gasteiger partial charge < -0.3 is 20.4 Å². The molecule has 5 nitrogen and oxygen atoms in total. The normalized spacial score (nSPS) is 27.5. The van der Waals surface area contributed by atoms with Gasteiger partial charge in [-0.3, -0.25) is 4.79 Å². The lowest BCUT2D eigenvalue weighted by molar-refractivity contribution is -0.670. The molecular weight excluding hydrogens is 172 g/mol. The first-order valence-electron chi connectivity index (χ1n) is 4.58. The topological polar surface area (TPSA) is 66.2 Å². The van der Waals surface area contributed by atoms with Gasteiger partial charge in [-0.15, -0.1) is 6.04 Å². The van der Waals surface area contributed by atoms with Gasteiger partial charge in [0.25, 0.3) is 5.97 Å². The Hall–Kier alpha value is -0.650. The summed E-state index contributed by atoms with van der Waals surface area (Å²) in [5.74, 6) is -0.215. The zero-order valence-electron chi connectivity index (χ0n) is 7.86. The average molecular weight is 188 g/mol. The quantitative estimate of drug-likeness (QED) is 0.540. The van der Waals surface area contributed by atoms with Gasteiger partial charge in [0.1, 0.15) is 0 Å². The number of rotatable bonds is 0. The molecule has 2 rings (SSSR count). The van der Waals surface area contributed by atoms with Crippen molar-refractivity contribution in [3.8, 4) is 0 Å². The van der Waals surface area contributed by atoms with Crippen LogP contribution in [0.15, 0.2) is 0 Å². The minimum atomic E-state index is -0.215. The van der Waals surface area contributed by atoms with Gasteiger partial charge in [-0.1, -0.05) is 6.92 Å². The highest BCUT2D eigenvalue weighted by Crippen LogP contribution is 2.14. The number of ether oxygens (including phenoxy) is 1. The van der Waals surface area contributed by atoms with E-state index in [-0.39, 0.29) is 12.0 Å². The van der Waals surface area contributed by atoms with E-state index < -0.39 is 0 Å². The summed E-state index contributed by atoms with van der Waals surface area (Å²) in [7, 11) is 0. The number of carbonyl (C=O) groups excluding carboxylic acids is 1. The number of quaternary nitrogens is 1. The van der Waals surface area contributed by atoms with Gasteiger partial charge in [-0.25, -0.2) is 0 Å². The number of hydroxylamine groups is 1. The third-order valence-electron chi connectivity index (χ3n) is 1.73. The van der Waals surface area contributed by atoms with Gasteiger partial charge in [0.05, 0.1) is 26.3 Å². The van der Waals surface area contributed by atoms with Crippen LogP contribution in [0, 0.1) is 0 Å². The molecule has 13 heavy (non-hydrogen) atoms. The van der Waals surface area contributed by atoms with Gasteiger partial charge in [-0.2, -0.15) is 0 Å². The van der Waals surface area contributed by atoms with Crippen LogP contribution in [0.25, 0.3) is 5.48 Å². The van der Waals surface area contributed by atoms with E-state index >= 15 is 0 Å². The van der Waals surface area contributed by atoms with Crippen molar-refractivity contribution in [3.63, 3.8) is 0 Å². The second kappa shape index (κ2) is 5.90. The highest BCUT2D eigenvalue weighted by Gasteiger charge is 2.06. The first-order chi connectivity index (χ1) is 6.29. The Balaban J connectivity index is 0.000000132. The monoisotopic (exact) mass is 188 g/mol. The van der Waals surface area contributed by atoms with Crippen LogP contribution in [-0.2, 0) is 14.4 Å². The lowest BCUT2D eigenvalue weighted by atomic mass is 10.3. The molecule has 1 atom stereocenters. The van der Waals surface area contributed by atoms with Crippen LogP contribution in [0.4, 0.5) is 0 Å². The summed E-state index contributed by atoms with van der Waals surface area (Å²) < 4.78 is 5.04. The zero-order valence-corrected chi connectivity index (χ0v) is 7.86. The number of hydrogen-bond donors (Lipinski definition) is 1. The molecule has 0 spiro atoms. The van der Waals surface area contributed by atoms with Crippen LogP contribution < -0.4 is 5.32 Å². The van der Waals surface area contributed by atoms with Crippen molar-refractivity contribution in [1.82, 2.24) is 0 Å². The maximum atomic E-state index is 10.1. The summed E-state index contributed by atoms with van der Waals surface area (Å²) in [4.78, 5) is 14.4. The fourth-order valence-corrected chi connectivity index (χ4v) is 1.04. The molecule has 0 aromatic heterocycles. The van der Waals surface area contributed by atoms with Crippen molar-refractivity contribution >= 4 is 5.97 Å². The molecule has 1 unspecified atom stereocenters. The molecule has 5 heteroatoms. The average Bonchev–Trinajstić information content (AvgIpc) is 2.54. The summed E-state index contributed by atoms with van der Waals surface area (Å²) in [6.07, 6.45) is 0.444. The van der Waals surface area contributed by atoms with Gasteiger partial charge >= 0.3 is 0 Å². The predicted molar refractivity (Wildman–Crippen MR) is 46.0 cm³/mol. The molecule has 0 aromatic carbocycles. The summed E-state index contributed by atoms with van der Waals surface area (Å²) in [6.45, 7) is 6.03. The maximum Gasteiger partial charge on any atom is 0.289 e. The molecule has 0 bridgehead atoms. The van der Waals surface area contributed by atoms with E-state index in [1.807, 2.05) is 6.92 Å². The lowest BCUT2D eigenvalue weighted by Crippen LogP contribution is -2.87. The number of morpholine rings is 1. The Bertz CT molecular complexity index is 148. The third kappa shape index (κ3) is 4.82. The van der Waals surface area contributed by atoms with Gasteiger partial charge in [0.15, 0.2) is 0 Å². The minimum Gasteiger partial charge on any atom is -0.561 e. The molecule has 2 N–H and O–H groups in total. The van der Waals surface area contributed by atoms with Crippen LogP contribution in [0.1, 0.15) is 13.3 Å². The summed E-state index contributed by atoms with van der Waals surface area (Å²) in [5, 5.41) is 2.27. The number of hydrogen-bond acceptors (Lipinski definition) is 3. The summed E-state index contributed by atoms with van der Waals surface area (Å²) in [5.41, 5.74) is 3.47. The molecule has 2 heterocycles. The van der Waals surface area contributed by atoms with E-state index in [0.29, 0.717) is 6.42 Å². The van der Waals surface area contributed by atoms with Crippen LogP contribution in [0.5, 0.6) is 0 Å². The summed E-state index contributed by atoms with van der Waals surface area (Å²) in [6, 6.07) is 0.0764. The molecule has 0 aromatic rings. The van der Waals surface area contributed by atoms with E-state index in [2.05, 4.69) is 15.6 Å². The highest BCUT2D eigenvalue weighted by molar-refractivity contribution is 5.73. The molecule has 0 aliphatic carbocycles. The molecule has 0 amide bonds. The SMILES string of the molecule is C1COCC[NH2+]1.CC1CC(=O)O[N-]1. The molecule has 2 aliphatic heterocycles. The van der Waals surface area contributed by atoms with E-state index in [0.717, 1.165) is 26.3 Å². The van der Waals surface area contributed by atoms with Crippen molar-refractivity contribution in [3.05, 3.63) is 5.48 Å². The zero-order chi connectivity index (χ0) is 9.52. The standard InChI is InChI=1S/C4H6NO2.C4H9NO/c1-3-2-4(6)7-5-3;1-3-6-4-2-5-1/h3H,2H2,1H3;5H,1-4H2/q-1;/p+1. The van der Waals surface area contributed by atoms with Crippen molar-refractivity contribution in [2.75, 3.05) is 26.3 Å². The van der Waals surface area contributed by atoms with Crippen molar-refractivity contribution in [1.29, 1.82) is 0 Å². The molecule has 2 aliphatic rings. The number of nitrogens with zero attached hydrogens (tertiary/aromatic N) is 1. The lowest BCUT2D eigenvalue weighted by Gasteiger charge is -2.11. The van der Waals surface area contributed by atoms with Gasteiger partial charge in [-0.05, 0) is 0 Å². The van der Waals surface area contributed by atoms with E-state index in [1.165, 1.54) is 0 Å². The minimum absolute atomic E-state index is 0.0764.